The number of nitrogens with one attached hydrogen (secondary N) is 1. The smallest absolute Gasteiger partial charge is 0.416 e. The highest BCUT2D eigenvalue weighted by Crippen LogP contribution is 2.35. The molecule has 0 aliphatic carbocycles. The van der Waals surface area contributed by atoms with Crippen LogP contribution in [0.15, 0.2) is 36.4 Å². The fraction of sp³-hybridized carbons (Fsp3) is 0.200. The van der Waals surface area contributed by atoms with Crippen molar-refractivity contribution < 1.29 is 27.9 Å². The summed E-state index contributed by atoms with van der Waals surface area (Å²) in [6.07, 6.45) is -4.56. The van der Waals surface area contributed by atoms with Gasteiger partial charge in [0.2, 0.25) is 5.91 Å². The number of aromatic hydroxyl groups is 1. The molecule has 0 aliphatic rings. The van der Waals surface area contributed by atoms with Crippen LogP contribution in [-0.4, -0.2) is 28.5 Å². The second-order valence-corrected chi connectivity index (χ2v) is 6.86. The minimum absolute atomic E-state index is 0.00274. The van der Waals surface area contributed by atoms with Crippen LogP contribution >= 0.6 is 11.6 Å². The van der Waals surface area contributed by atoms with Gasteiger partial charge in [-0.05, 0) is 48.9 Å². The number of rotatable bonds is 3. The van der Waals surface area contributed by atoms with E-state index >= 15 is 0 Å². The number of phenolic OH excluding ortho intramolecular Hbond substituents is 1. The molecule has 0 fully saturated rings. The Morgan fingerprint density at radius 1 is 1.17 bits per heavy atom. The predicted octanol–water partition coefficient (Wildman–Crippen LogP) is 4.30. The number of nitrogens with zero attached hydrogens (tertiary/aromatic N) is 1. The zero-order valence-electron chi connectivity index (χ0n) is 15.4. The molecule has 1 amide bonds. The lowest BCUT2D eigenvalue weighted by Crippen LogP contribution is -2.20. The minimum Gasteiger partial charge on any atom is -0.506 e. The summed E-state index contributed by atoms with van der Waals surface area (Å²) in [7, 11) is 1.47. The number of hydrogen-bond donors (Lipinski definition) is 2. The molecule has 0 saturated heterocycles. The number of alkyl halides is 3. The quantitative estimate of drug-likeness (QED) is 0.658. The molecule has 1 heterocycles. The van der Waals surface area contributed by atoms with Gasteiger partial charge in [0.05, 0.1) is 22.5 Å². The topological polar surface area (TPSA) is 71.3 Å². The van der Waals surface area contributed by atoms with Crippen LogP contribution in [0.2, 0.25) is 5.02 Å². The fourth-order valence-corrected chi connectivity index (χ4v) is 3.31. The number of carbonyl (C=O) groups excluding carboxylic acids is 2. The van der Waals surface area contributed by atoms with E-state index in [4.69, 9.17) is 11.6 Å². The Hall–Kier alpha value is -3.00. The van der Waals surface area contributed by atoms with Crippen LogP contribution in [0.1, 0.15) is 27.2 Å². The molecule has 5 nitrogen and oxygen atoms in total. The van der Waals surface area contributed by atoms with Gasteiger partial charge in [-0.15, -0.1) is 0 Å². The zero-order valence-corrected chi connectivity index (χ0v) is 16.1. The Kier molecular flexibility index (Phi) is 5.32. The first-order chi connectivity index (χ1) is 13.5. The van der Waals surface area contributed by atoms with E-state index in [9.17, 15) is 27.9 Å². The number of amides is 1. The molecule has 29 heavy (non-hydrogen) atoms. The maximum absolute atomic E-state index is 13.1. The molecule has 0 atom stereocenters. The molecule has 3 rings (SSSR count). The number of halogens is 4. The van der Waals surface area contributed by atoms with E-state index < -0.39 is 17.6 Å². The van der Waals surface area contributed by atoms with Crippen molar-refractivity contribution in [2.45, 2.75) is 19.5 Å². The lowest BCUT2D eigenvalue weighted by molar-refractivity contribution is -0.137. The molecule has 0 radical (unpaired) electrons. The van der Waals surface area contributed by atoms with Crippen LogP contribution in [0.5, 0.6) is 5.75 Å². The first kappa shape index (κ1) is 20.7. The highest BCUT2D eigenvalue weighted by molar-refractivity contribution is 6.33. The van der Waals surface area contributed by atoms with Crippen molar-refractivity contribution in [2.24, 2.45) is 0 Å². The Labute approximate surface area is 168 Å². The van der Waals surface area contributed by atoms with Crippen LogP contribution in [-0.2, 0) is 17.4 Å². The molecule has 0 unspecified atom stereocenters. The van der Waals surface area contributed by atoms with Crippen LogP contribution < -0.4 is 5.32 Å². The summed E-state index contributed by atoms with van der Waals surface area (Å²) in [5.74, 6) is -1.09. The molecule has 1 aromatic heterocycles. The van der Waals surface area contributed by atoms with Crippen molar-refractivity contribution in [2.75, 3.05) is 7.05 Å². The summed E-state index contributed by atoms with van der Waals surface area (Å²) < 4.78 is 39.7. The zero-order chi connectivity index (χ0) is 21.5. The SMILES string of the molecule is CNC(=O)Cc1c(C)n(C(=O)c2ccc(C(F)(F)F)cc2)c2cc(Cl)c(O)cc12. The Bertz CT molecular complexity index is 1120. The summed E-state index contributed by atoms with van der Waals surface area (Å²) in [5, 5.41) is 12.9. The van der Waals surface area contributed by atoms with Crippen LogP contribution in [0.25, 0.3) is 10.9 Å². The van der Waals surface area contributed by atoms with Gasteiger partial charge in [-0.1, -0.05) is 11.6 Å². The third-order valence-electron chi connectivity index (χ3n) is 4.68. The average molecular weight is 425 g/mol. The lowest BCUT2D eigenvalue weighted by Gasteiger charge is -2.10. The van der Waals surface area contributed by atoms with Crippen LogP contribution in [0.4, 0.5) is 13.2 Å². The molecular weight excluding hydrogens is 409 g/mol. The van der Waals surface area contributed by atoms with E-state index in [2.05, 4.69) is 5.32 Å². The average Bonchev–Trinajstić information content (AvgIpc) is 2.92. The number of fused-ring (bicyclic) bond motifs is 1. The normalized spacial score (nSPS) is 11.7. The summed E-state index contributed by atoms with van der Waals surface area (Å²) in [5.41, 5.74) is 0.445. The summed E-state index contributed by atoms with van der Waals surface area (Å²) in [6, 6.07) is 6.60. The van der Waals surface area contributed by atoms with E-state index in [0.29, 0.717) is 22.2 Å². The molecular formula is C20H16ClF3N2O3. The summed E-state index contributed by atoms with van der Waals surface area (Å²) in [4.78, 5) is 25.0. The number of carbonyl (C=O) groups is 2. The van der Waals surface area contributed by atoms with Crippen molar-refractivity contribution in [3.63, 3.8) is 0 Å². The van der Waals surface area contributed by atoms with Gasteiger partial charge in [0.15, 0.2) is 0 Å². The standard InChI is InChI=1S/C20H16ClF3N2O3/c1-10-13(8-18(28)25-2)14-7-17(27)15(21)9-16(14)26(10)19(29)11-3-5-12(6-4-11)20(22,23)24/h3-7,9,27H,8H2,1-2H3,(H,25,28). The second kappa shape index (κ2) is 7.44. The molecule has 0 aliphatic heterocycles. The van der Waals surface area contributed by atoms with Crippen LogP contribution in [0, 0.1) is 6.92 Å². The molecule has 2 aromatic carbocycles. The number of phenols is 1. The van der Waals surface area contributed by atoms with E-state index in [1.165, 1.54) is 23.7 Å². The van der Waals surface area contributed by atoms with Crippen molar-refractivity contribution in [3.8, 4) is 5.75 Å². The van der Waals surface area contributed by atoms with Gasteiger partial charge < -0.3 is 10.4 Å². The van der Waals surface area contributed by atoms with Crippen molar-refractivity contribution in [1.29, 1.82) is 0 Å². The number of likely N-dealkylation sites (N-methyl/N-ethyl adjacent to an activating group) is 1. The van der Waals surface area contributed by atoms with E-state index in [1.54, 1.807) is 6.92 Å². The second-order valence-electron chi connectivity index (χ2n) is 6.45. The first-order valence-corrected chi connectivity index (χ1v) is 8.87. The fourth-order valence-electron chi connectivity index (χ4n) is 3.15. The van der Waals surface area contributed by atoms with Crippen molar-refractivity contribution in [3.05, 3.63) is 63.8 Å². The monoisotopic (exact) mass is 424 g/mol. The molecule has 0 spiro atoms. The molecule has 3 aromatic rings. The third-order valence-corrected chi connectivity index (χ3v) is 4.98. The largest absolute Gasteiger partial charge is 0.506 e. The lowest BCUT2D eigenvalue weighted by atomic mass is 10.1. The van der Waals surface area contributed by atoms with Gasteiger partial charge in [0.25, 0.3) is 5.91 Å². The van der Waals surface area contributed by atoms with Gasteiger partial charge in [0.1, 0.15) is 5.75 Å². The van der Waals surface area contributed by atoms with Crippen LogP contribution in [0.3, 0.4) is 0 Å². The van der Waals surface area contributed by atoms with E-state index in [1.807, 2.05) is 0 Å². The van der Waals surface area contributed by atoms with Crippen molar-refractivity contribution in [1.82, 2.24) is 9.88 Å². The molecule has 0 bridgehead atoms. The highest BCUT2D eigenvalue weighted by Gasteiger charge is 2.30. The Morgan fingerprint density at radius 3 is 2.34 bits per heavy atom. The summed E-state index contributed by atoms with van der Waals surface area (Å²) >= 11 is 6.00. The number of hydrogen-bond acceptors (Lipinski definition) is 3. The van der Waals surface area contributed by atoms with E-state index in [0.717, 1.165) is 24.3 Å². The van der Waals surface area contributed by atoms with Gasteiger partial charge in [0, 0.05) is 23.7 Å². The summed E-state index contributed by atoms with van der Waals surface area (Å²) in [6.45, 7) is 1.62. The predicted molar refractivity (Wildman–Crippen MR) is 102 cm³/mol. The molecule has 152 valence electrons. The Balaban J connectivity index is 2.18. The van der Waals surface area contributed by atoms with Gasteiger partial charge in [-0.25, -0.2) is 0 Å². The number of benzene rings is 2. The number of aromatic nitrogens is 1. The van der Waals surface area contributed by atoms with Crippen molar-refractivity contribution >= 4 is 34.3 Å². The minimum atomic E-state index is -4.51. The third kappa shape index (κ3) is 3.80. The Morgan fingerprint density at radius 2 is 1.79 bits per heavy atom. The van der Waals surface area contributed by atoms with Gasteiger partial charge in [-0.2, -0.15) is 13.2 Å². The molecule has 2 N–H and O–H groups in total. The highest BCUT2D eigenvalue weighted by atomic mass is 35.5. The first-order valence-electron chi connectivity index (χ1n) is 8.49. The maximum Gasteiger partial charge on any atom is 0.416 e. The van der Waals surface area contributed by atoms with E-state index in [-0.39, 0.29) is 28.7 Å². The van der Waals surface area contributed by atoms with Gasteiger partial charge in [-0.3, -0.25) is 14.2 Å². The van der Waals surface area contributed by atoms with Gasteiger partial charge >= 0.3 is 6.18 Å². The maximum atomic E-state index is 13.1. The molecule has 0 saturated carbocycles. The molecule has 9 heteroatoms.